The smallest absolute Gasteiger partial charge is 0.184 e. The molecule has 1 fully saturated rings. The zero-order valence-corrected chi connectivity index (χ0v) is 11.1. The van der Waals surface area contributed by atoms with E-state index in [1.54, 1.807) is 11.3 Å². The lowest BCUT2D eigenvalue weighted by Crippen LogP contribution is -2.26. The van der Waals surface area contributed by atoms with Crippen molar-refractivity contribution in [3.63, 3.8) is 0 Å². The van der Waals surface area contributed by atoms with Crippen molar-refractivity contribution in [1.29, 1.82) is 0 Å². The Labute approximate surface area is 104 Å². The van der Waals surface area contributed by atoms with E-state index in [0.29, 0.717) is 11.2 Å². The van der Waals surface area contributed by atoms with Crippen LogP contribution in [0.1, 0.15) is 25.7 Å². The molecule has 0 aromatic carbocycles. The largest absolute Gasteiger partial charge is 0.359 e. The normalized spacial score (nSPS) is 26.5. The van der Waals surface area contributed by atoms with Crippen LogP contribution in [0.4, 0.5) is 5.13 Å². The maximum Gasteiger partial charge on any atom is 0.184 e. The second kappa shape index (κ2) is 5.41. The minimum Gasteiger partial charge on any atom is -0.359 e. The molecule has 1 aromatic rings. The Kier molecular flexibility index (Phi) is 4.17. The number of hydrogen-bond donors (Lipinski definition) is 1. The van der Waals surface area contributed by atoms with Crippen LogP contribution in [0.25, 0.3) is 0 Å². The van der Waals surface area contributed by atoms with Crippen molar-refractivity contribution in [2.75, 3.05) is 11.6 Å². The van der Waals surface area contributed by atoms with Crippen LogP contribution in [0.15, 0.2) is 5.38 Å². The molecular formula is C10H15ClN2S2. The molecule has 0 saturated heterocycles. The molecule has 0 radical (unpaired) electrons. The molecule has 1 saturated carbocycles. The van der Waals surface area contributed by atoms with Gasteiger partial charge in [-0.3, -0.25) is 0 Å². The number of hydrogen-bond acceptors (Lipinski definition) is 4. The first-order valence-electron chi connectivity index (χ1n) is 5.18. The zero-order chi connectivity index (χ0) is 10.7. The van der Waals surface area contributed by atoms with Crippen molar-refractivity contribution in [2.24, 2.45) is 0 Å². The molecule has 0 bridgehead atoms. The van der Waals surface area contributed by atoms with Gasteiger partial charge in [-0.05, 0) is 31.9 Å². The van der Waals surface area contributed by atoms with Gasteiger partial charge < -0.3 is 5.32 Å². The van der Waals surface area contributed by atoms with Gasteiger partial charge in [0.15, 0.2) is 5.13 Å². The van der Waals surface area contributed by atoms with E-state index in [9.17, 15) is 0 Å². The highest BCUT2D eigenvalue weighted by Gasteiger charge is 2.20. The molecule has 0 amide bonds. The summed E-state index contributed by atoms with van der Waals surface area (Å²) in [4.78, 5) is 4.21. The summed E-state index contributed by atoms with van der Waals surface area (Å²) in [5.74, 6) is 0. The summed E-state index contributed by atoms with van der Waals surface area (Å²) in [5.41, 5.74) is 0. The number of rotatable bonds is 3. The van der Waals surface area contributed by atoms with Crippen LogP contribution in [0, 0.1) is 0 Å². The van der Waals surface area contributed by atoms with Crippen LogP contribution in [-0.2, 0) is 0 Å². The van der Waals surface area contributed by atoms with E-state index >= 15 is 0 Å². The summed E-state index contributed by atoms with van der Waals surface area (Å²) < 4.78 is 0. The van der Waals surface area contributed by atoms with E-state index in [2.05, 4.69) is 16.6 Å². The Morgan fingerprint density at radius 2 is 2.20 bits per heavy atom. The van der Waals surface area contributed by atoms with Crippen LogP contribution in [0.5, 0.6) is 0 Å². The maximum absolute atomic E-state index is 5.78. The molecule has 1 N–H and O–H groups in total. The van der Waals surface area contributed by atoms with E-state index < -0.39 is 0 Å². The number of aromatic nitrogens is 1. The van der Waals surface area contributed by atoms with Crippen molar-refractivity contribution >= 4 is 39.8 Å². The number of nitrogens with zero attached hydrogens (tertiary/aromatic N) is 1. The van der Waals surface area contributed by atoms with Crippen molar-refractivity contribution in [2.45, 2.75) is 37.0 Å². The topological polar surface area (TPSA) is 24.9 Å². The second-order valence-corrected chi connectivity index (χ2v) is 6.21. The summed E-state index contributed by atoms with van der Waals surface area (Å²) >= 11 is 9.37. The Morgan fingerprint density at radius 1 is 1.47 bits per heavy atom. The van der Waals surface area contributed by atoms with Gasteiger partial charge in [0.1, 0.15) is 5.15 Å². The standard InChI is InChI=1S/C10H15ClN2S2/c1-14-8-4-2-7(3-5-8)12-10-13-9(11)6-15-10/h6-8H,2-5H2,1H3,(H,12,13). The summed E-state index contributed by atoms with van der Waals surface area (Å²) in [5, 5.41) is 7.76. The third-order valence-corrected chi connectivity index (χ3v) is 5.05. The van der Waals surface area contributed by atoms with Gasteiger partial charge in [-0.15, -0.1) is 11.3 Å². The summed E-state index contributed by atoms with van der Waals surface area (Å²) in [6.07, 6.45) is 7.35. The Bertz CT molecular complexity index is 308. The second-order valence-electron chi connectivity index (χ2n) is 3.83. The van der Waals surface area contributed by atoms with E-state index in [0.717, 1.165) is 10.4 Å². The third-order valence-electron chi connectivity index (χ3n) is 2.81. The van der Waals surface area contributed by atoms with Crippen LogP contribution in [-0.4, -0.2) is 22.5 Å². The maximum atomic E-state index is 5.78. The fourth-order valence-electron chi connectivity index (χ4n) is 1.94. The molecule has 1 aromatic heterocycles. The Balaban J connectivity index is 1.82. The van der Waals surface area contributed by atoms with Gasteiger partial charge in [0.05, 0.1) is 0 Å². The van der Waals surface area contributed by atoms with Crippen LogP contribution < -0.4 is 5.32 Å². The van der Waals surface area contributed by atoms with Gasteiger partial charge in [0.2, 0.25) is 0 Å². The van der Waals surface area contributed by atoms with Gasteiger partial charge in [-0.2, -0.15) is 11.8 Å². The zero-order valence-electron chi connectivity index (χ0n) is 8.70. The van der Waals surface area contributed by atoms with Gasteiger partial charge >= 0.3 is 0 Å². The number of anilines is 1. The van der Waals surface area contributed by atoms with E-state index in [4.69, 9.17) is 11.6 Å². The SMILES string of the molecule is CSC1CCC(Nc2nc(Cl)cs2)CC1. The Hall–Kier alpha value is 0.0700. The van der Waals surface area contributed by atoms with E-state index in [1.165, 1.54) is 25.7 Å². The highest BCUT2D eigenvalue weighted by atomic mass is 35.5. The molecule has 1 aliphatic carbocycles. The lowest BCUT2D eigenvalue weighted by Gasteiger charge is -2.27. The first-order valence-corrected chi connectivity index (χ1v) is 7.73. The Morgan fingerprint density at radius 3 is 2.73 bits per heavy atom. The summed E-state index contributed by atoms with van der Waals surface area (Å²) in [6.45, 7) is 0. The fraction of sp³-hybridized carbons (Fsp3) is 0.700. The van der Waals surface area contributed by atoms with Crippen LogP contribution >= 0.6 is 34.7 Å². The lowest BCUT2D eigenvalue weighted by atomic mass is 9.95. The number of thioether (sulfide) groups is 1. The number of nitrogens with one attached hydrogen (secondary N) is 1. The van der Waals surface area contributed by atoms with Crippen LogP contribution in [0.3, 0.4) is 0 Å². The molecule has 2 nitrogen and oxygen atoms in total. The molecule has 0 atom stereocenters. The molecule has 1 heterocycles. The molecule has 0 unspecified atom stereocenters. The van der Waals surface area contributed by atoms with E-state index in [1.807, 2.05) is 17.1 Å². The van der Waals surface area contributed by atoms with Crippen molar-refractivity contribution in [1.82, 2.24) is 4.98 Å². The molecule has 1 aliphatic rings. The fourth-order valence-corrected chi connectivity index (χ4v) is 3.60. The molecular weight excluding hydrogens is 248 g/mol. The lowest BCUT2D eigenvalue weighted by molar-refractivity contribution is 0.473. The van der Waals surface area contributed by atoms with Gasteiger partial charge in [0, 0.05) is 16.7 Å². The quantitative estimate of drug-likeness (QED) is 0.895. The predicted molar refractivity (Wildman–Crippen MR) is 70.3 cm³/mol. The van der Waals surface area contributed by atoms with Crippen molar-refractivity contribution in [3.8, 4) is 0 Å². The van der Waals surface area contributed by atoms with Gasteiger partial charge in [-0.1, -0.05) is 11.6 Å². The van der Waals surface area contributed by atoms with Gasteiger partial charge in [-0.25, -0.2) is 4.98 Å². The predicted octanol–water partition coefficient (Wildman–Crippen LogP) is 3.88. The highest BCUT2D eigenvalue weighted by Crippen LogP contribution is 2.29. The van der Waals surface area contributed by atoms with Crippen molar-refractivity contribution in [3.05, 3.63) is 10.5 Å². The van der Waals surface area contributed by atoms with Gasteiger partial charge in [0.25, 0.3) is 0 Å². The summed E-state index contributed by atoms with van der Waals surface area (Å²) in [6, 6.07) is 0.593. The number of thiazole rings is 1. The average molecular weight is 263 g/mol. The average Bonchev–Trinajstić information content (AvgIpc) is 2.65. The molecule has 5 heteroatoms. The van der Waals surface area contributed by atoms with Crippen LogP contribution in [0.2, 0.25) is 5.15 Å². The molecule has 15 heavy (non-hydrogen) atoms. The highest BCUT2D eigenvalue weighted by molar-refractivity contribution is 7.99. The first-order chi connectivity index (χ1) is 7.28. The first kappa shape index (κ1) is 11.6. The molecule has 84 valence electrons. The minimum absolute atomic E-state index is 0.593. The molecule has 0 spiro atoms. The third kappa shape index (κ3) is 3.26. The monoisotopic (exact) mass is 262 g/mol. The van der Waals surface area contributed by atoms with Crippen molar-refractivity contribution < 1.29 is 0 Å². The summed E-state index contributed by atoms with van der Waals surface area (Å²) in [7, 11) is 0. The molecule has 2 rings (SSSR count). The molecule has 0 aliphatic heterocycles. The minimum atomic E-state index is 0.593. The van der Waals surface area contributed by atoms with E-state index in [-0.39, 0.29) is 0 Å². The number of halogens is 1.